The monoisotopic (exact) mass is 629 g/mol. The molecule has 0 aromatic carbocycles. The van der Waals surface area contributed by atoms with Crippen LogP contribution in [0.25, 0.3) is 0 Å². The number of anilines is 1. The van der Waals surface area contributed by atoms with Crippen molar-refractivity contribution in [2.24, 2.45) is 0 Å². The number of hydrogen-bond donors (Lipinski definition) is 8. The van der Waals surface area contributed by atoms with E-state index in [0.717, 1.165) is 27.6 Å². The van der Waals surface area contributed by atoms with Gasteiger partial charge in [0.1, 0.15) is 42.4 Å². The predicted octanol–water partition coefficient (Wildman–Crippen LogP) is -4.14. The molecule has 0 radical (unpaired) electrons. The van der Waals surface area contributed by atoms with Crippen LogP contribution in [0.5, 0.6) is 0 Å². The molecule has 41 heavy (non-hydrogen) atoms. The van der Waals surface area contributed by atoms with E-state index in [2.05, 4.69) is 18.3 Å². The van der Waals surface area contributed by atoms with Crippen molar-refractivity contribution < 1.29 is 62.2 Å². The number of rotatable bonds is 10. The van der Waals surface area contributed by atoms with Gasteiger partial charge in [-0.25, -0.2) is 18.7 Å². The highest BCUT2D eigenvalue weighted by Crippen LogP contribution is 2.60. The summed E-state index contributed by atoms with van der Waals surface area (Å²) in [5.41, 5.74) is 2.73. The Morgan fingerprint density at radius 1 is 0.854 bits per heavy atom. The van der Waals surface area contributed by atoms with Crippen molar-refractivity contribution >= 4 is 21.5 Å². The summed E-state index contributed by atoms with van der Waals surface area (Å²) >= 11 is 0. The Morgan fingerprint density at radius 2 is 1.34 bits per heavy atom. The number of aliphatic hydroxyl groups is 4. The highest BCUT2D eigenvalue weighted by Gasteiger charge is 2.48. The first-order chi connectivity index (χ1) is 19.1. The number of aromatic nitrogens is 4. The second-order valence-corrected chi connectivity index (χ2v) is 11.8. The van der Waals surface area contributed by atoms with Crippen LogP contribution in [0.4, 0.5) is 5.82 Å². The highest BCUT2D eigenvalue weighted by atomic mass is 31.3. The van der Waals surface area contributed by atoms with E-state index in [9.17, 15) is 53.7 Å². The Hall–Kier alpha value is -2.62. The van der Waals surface area contributed by atoms with Crippen LogP contribution in [0.2, 0.25) is 0 Å². The lowest BCUT2D eigenvalue weighted by Crippen LogP contribution is -2.37. The average molecular weight is 629 g/mol. The van der Waals surface area contributed by atoms with Gasteiger partial charge in [-0.1, -0.05) is 0 Å². The first-order valence-electron chi connectivity index (χ1n) is 11.4. The number of aromatic amines is 1. The number of nitrogens with one attached hydrogen (secondary N) is 1. The molecule has 2 aromatic heterocycles. The Morgan fingerprint density at radius 3 is 1.83 bits per heavy atom. The number of ether oxygens (including phenoxy) is 2. The summed E-state index contributed by atoms with van der Waals surface area (Å²) in [7, 11) is -10.8. The normalized spacial score (nSPS) is 32.9. The van der Waals surface area contributed by atoms with Crippen LogP contribution in [-0.4, -0.2) is 99.2 Å². The van der Waals surface area contributed by atoms with Gasteiger partial charge in [-0.3, -0.25) is 28.0 Å². The number of phosphoric acid groups is 2. The topological polar surface area (TPSA) is 317 Å². The van der Waals surface area contributed by atoms with Crippen LogP contribution in [0.3, 0.4) is 0 Å². The molecule has 228 valence electrons. The summed E-state index contributed by atoms with van der Waals surface area (Å²) in [5.74, 6) is -0.123. The molecule has 0 spiro atoms. The molecule has 2 aromatic rings. The lowest BCUT2D eigenvalue weighted by molar-refractivity contribution is -0.0567. The van der Waals surface area contributed by atoms with Crippen LogP contribution in [0.15, 0.2) is 38.9 Å². The van der Waals surface area contributed by atoms with Gasteiger partial charge in [0.25, 0.3) is 5.56 Å². The van der Waals surface area contributed by atoms with Crippen molar-refractivity contribution in [1.82, 2.24) is 19.1 Å². The van der Waals surface area contributed by atoms with Gasteiger partial charge in [0.05, 0.1) is 13.2 Å². The Labute approximate surface area is 227 Å². The molecule has 9 N–H and O–H groups in total. The molecule has 0 saturated carbocycles. The maximum atomic E-state index is 12.3. The summed E-state index contributed by atoms with van der Waals surface area (Å²) in [4.78, 5) is 60.3. The van der Waals surface area contributed by atoms with Gasteiger partial charge >= 0.3 is 27.0 Å². The molecule has 0 bridgehead atoms. The SMILES string of the molecule is Nc1ccn([C@@H]2O[C@H](COP(=O)(O)OP(=O)(O)OC[C@H]3O[C@@H](n4ccc(=O)[nH]c4=O)[C@H](O)[C@@H]3O)[C@@H](O)[C@H]2O)c(=O)n1. The molecule has 0 amide bonds. The fraction of sp³-hybridized carbons (Fsp3) is 0.556. The van der Waals surface area contributed by atoms with Crippen molar-refractivity contribution in [3.8, 4) is 0 Å². The van der Waals surface area contributed by atoms with E-state index in [4.69, 9.17) is 15.2 Å². The van der Waals surface area contributed by atoms with E-state index in [1.165, 1.54) is 6.07 Å². The quantitative estimate of drug-likeness (QED) is 0.116. The number of nitrogens with two attached hydrogens (primary N) is 1. The molecule has 2 fully saturated rings. The van der Waals surface area contributed by atoms with Crippen molar-refractivity contribution in [3.05, 3.63) is 55.8 Å². The minimum Gasteiger partial charge on any atom is -0.387 e. The average Bonchev–Trinajstić information content (AvgIpc) is 3.31. The van der Waals surface area contributed by atoms with E-state index >= 15 is 0 Å². The van der Waals surface area contributed by atoms with E-state index in [1.54, 1.807) is 0 Å². The lowest BCUT2D eigenvalue weighted by Gasteiger charge is -2.20. The molecule has 21 nitrogen and oxygen atoms in total. The minimum atomic E-state index is -5.43. The molecule has 10 atom stereocenters. The largest absolute Gasteiger partial charge is 0.481 e. The molecule has 23 heteroatoms. The molecule has 2 aliphatic heterocycles. The molecule has 2 unspecified atom stereocenters. The number of aliphatic hydroxyl groups excluding tert-OH is 4. The van der Waals surface area contributed by atoms with Crippen LogP contribution in [0, 0.1) is 0 Å². The fourth-order valence-corrected chi connectivity index (χ4v) is 6.04. The highest BCUT2D eigenvalue weighted by molar-refractivity contribution is 7.61. The molecular formula is C18H25N5O16P2. The van der Waals surface area contributed by atoms with Gasteiger partial charge in [0.2, 0.25) is 0 Å². The molecule has 4 rings (SSSR count). The maximum Gasteiger partial charge on any atom is 0.481 e. The number of nitrogens with zero attached hydrogens (tertiary/aromatic N) is 3. The van der Waals surface area contributed by atoms with E-state index in [1.807, 2.05) is 4.98 Å². The molecular weight excluding hydrogens is 604 g/mol. The Bertz CT molecular complexity index is 1530. The first kappa shape index (κ1) is 31.3. The third-order valence-corrected chi connectivity index (χ3v) is 8.54. The molecule has 2 saturated heterocycles. The van der Waals surface area contributed by atoms with Gasteiger partial charge in [0.15, 0.2) is 12.5 Å². The zero-order valence-electron chi connectivity index (χ0n) is 20.4. The maximum absolute atomic E-state index is 12.3. The van der Waals surface area contributed by atoms with Gasteiger partial charge in [-0.15, -0.1) is 0 Å². The smallest absolute Gasteiger partial charge is 0.387 e. The van der Waals surface area contributed by atoms with E-state index in [0.29, 0.717) is 0 Å². The standard InChI is InChI=1S/C18H25N5O16P2/c19-9-1-3-22(17(29)20-9)15-13(27)11(25)7(37-15)5-35-40(31,32)39-41(33,34)36-6-8-12(26)14(28)16(38-8)23-4-2-10(24)21-18(23)30/h1-4,7-8,11-16,25-28H,5-6H2,(H,31,32)(H,33,34)(H2,19,20,29)(H,21,24,30)/t7-,8-,11-,12-,13-,14-,15-,16-/m1/s1. The second-order valence-electron chi connectivity index (χ2n) is 8.76. The van der Waals surface area contributed by atoms with Crippen LogP contribution < -0.4 is 22.7 Å². The van der Waals surface area contributed by atoms with Crippen molar-refractivity contribution in [2.75, 3.05) is 18.9 Å². The van der Waals surface area contributed by atoms with E-state index < -0.39 is 94.9 Å². The van der Waals surface area contributed by atoms with Gasteiger partial charge in [-0.2, -0.15) is 9.29 Å². The molecule has 2 aliphatic rings. The number of nitrogen functional groups attached to an aromatic ring is 1. The molecule has 0 aliphatic carbocycles. The molecule has 4 heterocycles. The summed E-state index contributed by atoms with van der Waals surface area (Å²) in [6.45, 7) is -1.98. The van der Waals surface area contributed by atoms with Crippen molar-refractivity contribution in [2.45, 2.75) is 49.1 Å². The van der Waals surface area contributed by atoms with Crippen molar-refractivity contribution in [1.29, 1.82) is 0 Å². The Kier molecular flexibility index (Phi) is 9.12. The predicted molar refractivity (Wildman–Crippen MR) is 129 cm³/mol. The zero-order chi connectivity index (χ0) is 30.3. The Balaban J connectivity index is 1.32. The fourth-order valence-electron chi connectivity index (χ4n) is 3.95. The number of hydrogen-bond acceptors (Lipinski definition) is 16. The lowest BCUT2D eigenvalue weighted by atomic mass is 10.1. The van der Waals surface area contributed by atoms with Gasteiger partial charge in [0, 0.05) is 18.5 Å². The second kappa shape index (κ2) is 11.9. The third kappa shape index (κ3) is 7.07. The van der Waals surface area contributed by atoms with Crippen LogP contribution in [-0.2, 0) is 32.0 Å². The summed E-state index contributed by atoms with van der Waals surface area (Å²) < 4.78 is 50.0. The summed E-state index contributed by atoms with van der Waals surface area (Å²) in [6, 6.07) is 2.15. The van der Waals surface area contributed by atoms with Gasteiger partial charge < -0.3 is 45.4 Å². The van der Waals surface area contributed by atoms with Crippen molar-refractivity contribution in [3.63, 3.8) is 0 Å². The third-order valence-electron chi connectivity index (χ3n) is 5.94. The van der Waals surface area contributed by atoms with Crippen LogP contribution in [0.1, 0.15) is 12.5 Å². The van der Waals surface area contributed by atoms with E-state index in [-0.39, 0.29) is 5.82 Å². The van der Waals surface area contributed by atoms with Gasteiger partial charge in [-0.05, 0) is 6.07 Å². The zero-order valence-corrected chi connectivity index (χ0v) is 22.2. The number of phosphoric ester groups is 2. The summed E-state index contributed by atoms with van der Waals surface area (Å²) in [5, 5.41) is 40.8. The van der Waals surface area contributed by atoms with Crippen LogP contribution >= 0.6 is 15.6 Å². The number of H-pyrrole nitrogens is 1. The minimum absolute atomic E-state index is 0.123. The first-order valence-corrected chi connectivity index (χ1v) is 14.4. The summed E-state index contributed by atoms with van der Waals surface area (Å²) in [6.07, 6.45) is -11.0.